The van der Waals surface area contributed by atoms with Gasteiger partial charge < -0.3 is 10.2 Å². The lowest BCUT2D eigenvalue weighted by Gasteiger charge is -2.34. The van der Waals surface area contributed by atoms with Crippen LogP contribution in [0.25, 0.3) is 0 Å². The molecule has 0 saturated carbocycles. The fourth-order valence-electron chi connectivity index (χ4n) is 3.71. The van der Waals surface area contributed by atoms with E-state index in [9.17, 15) is 13.6 Å². The van der Waals surface area contributed by atoms with Crippen LogP contribution in [0.1, 0.15) is 49.7 Å². The molecule has 1 amide bonds. The van der Waals surface area contributed by atoms with Gasteiger partial charge in [0.05, 0.1) is 0 Å². The summed E-state index contributed by atoms with van der Waals surface area (Å²) in [7, 11) is 0. The molecule has 0 spiro atoms. The Bertz CT molecular complexity index is 849. The fourth-order valence-corrected chi connectivity index (χ4v) is 4.05. The summed E-state index contributed by atoms with van der Waals surface area (Å²) in [6, 6.07) is 2.62. The van der Waals surface area contributed by atoms with Crippen LogP contribution in [0.5, 0.6) is 0 Å². The van der Waals surface area contributed by atoms with Crippen molar-refractivity contribution in [1.29, 1.82) is 0 Å². The van der Waals surface area contributed by atoms with Gasteiger partial charge in [0.1, 0.15) is 17.7 Å². The van der Waals surface area contributed by atoms with E-state index in [2.05, 4.69) is 34.8 Å². The molecule has 3 atom stereocenters. The summed E-state index contributed by atoms with van der Waals surface area (Å²) in [5, 5.41) is 3.51. The fraction of sp³-hybridized carbons (Fsp3) is 0.476. The van der Waals surface area contributed by atoms with Gasteiger partial charge in [0.15, 0.2) is 5.82 Å². The molecule has 0 aliphatic carbocycles. The quantitative estimate of drug-likeness (QED) is 0.674. The lowest BCUT2D eigenvalue weighted by molar-refractivity contribution is -0.133. The number of hydrogen-bond donors (Lipinski definition) is 2. The highest BCUT2D eigenvalue weighted by atomic mass is 32.1. The Morgan fingerprint density at radius 1 is 1.34 bits per heavy atom. The molecule has 8 heteroatoms. The zero-order valence-corrected chi connectivity index (χ0v) is 17.5. The number of carbonyl (C=O) groups excluding carboxylic acids is 1. The van der Waals surface area contributed by atoms with E-state index < -0.39 is 17.7 Å². The molecule has 0 bridgehead atoms. The van der Waals surface area contributed by atoms with Crippen molar-refractivity contribution in [3.05, 3.63) is 59.2 Å². The second kappa shape index (κ2) is 9.63. The molecule has 1 unspecified atom stereocenters. The summed E-state index contributed by atoms with van der Waals surface area (Å²) in [5.41, 5.74) is 1.14. The van der Waals surface area contributed by atoms with Crippen molar-refractivity contribution in [1.82, 2.24) is 20.2 Å². The van der Waals surface area contributed by atoms with E-state index in [1.54, 1.807) is 12.4 Å². The first-order chi connectivity index (χ1) is 13.9. The average molecular weight is 421 g/mol. The summed E-state index contributed by atoms with van der Waals surface area (Å²) in [6.45, 7) is 4.12. The largest absolute Gasteiger partial charge is 0.327 e. The number of amides is 1. The zero-order chi connectivity index (χ0) is 21.0. The van der Waals surface area contributed by atoms with Crippen LogP contribution in [0, 0.1) is 11.6 Å². The lowest BCUT2D eigenvalue weighted by atomic mass is 10.0. The third-order valence-corrected chi connectivity index (χ3v) is 5.53. The number of hydrogen-bond acceptors (Lipinski definition) is 5. The Morgan fingerprint density at radius 3 is 2.66 bits per heavy atom. The highest BCUT2D eigenvalue weighted by Gasteiger charge is 2.37. The first-order valence-electron chi connectivity index (χ1n) is 9.82. The number of aryl methyl sites for hydroxylation is 1. The summed E-state index contributed by atoms with van der Waals surface area (Å²) in [4.78, 5) is 23.1. The molecule has 3 rings (SSSR count). The summed E-state index contributed by atoms with van der Waals surface area (Å²) in [6.07, 6.45) is 6.11. The van der Waals surface area contributed by atoms with E-state index >= 15 is 0 Å². The van der Waals surface area contributed by atoms with Gasteiger partial charge in [-0.05, 0) is 36.6 Å². The third kappa shape index (κ3) is 5.30. The van der Waals surface area contributed by atoms with E-state index in [1.165, 1.54) is 11.8 Å². The van der Waals surface area contributed by atoms with Gasteiger partial charge in [0.25, 0.3) is 0 Å². The van der Waals surface area contributed by atoms with Crippen LogP contribution in [0.15, 0.2) is 30.6 Å². The monoisotopic (exact) mass is 420 g/mol. The molecule has 2 aromatic rings. The zero-order valence-electron chi connectivity index (χ0n) is 16.6. The Morgan fingerprint density at radius 2 is 2.07 bits per heavy atom. The highest BCUT2D eigenvalue weighted by Crippen LogP contribution is 2.30. The van der Waals surface area contributed by atoms with Crippen LogP contribution in [0.3, 0.4) is 0 Å². The average Bonchev–Trinajstić information content (AvgIpc) is 3.11. The smallest absolute Gasteiger partial charge is 0.220 e. The highest BCUT2D eigenvalue weighted by molar-refractivity contribution is 7.81. The SMILES string of the molecule is CCCc1cnc(C([C@@H]2C[C@@H](S)CN2)N(Cc2cc(F)ccc2F)C(C)=O)nc1. The van der Waals surface area contributed by atoms with Gasteiger partial charge in [-0.2, -0.15) is 12.6 Å². The van der Waals surface area contributed by atoms with Gasteiger partial charge in [0, 0.05) is 49.3 Å². The van der Waals surface area contributed by atoms with Crippen LogP contribution in [-0.2, 0) is 17.8 Å². The normalized spacial score (nSPS) is 19.9. The summed E-state index contributed by atoms with van der Waals surface area (Å²) >= 11 is 4.54. The number of thiol groups is 1. The predicted octanol–water partition coefficient (Wildman–Crippen LogP) is 3.46. The molecule has 0 radical (unpaired) electrons. The van der Waals surface area contributed by atoms with Crippen LogP contribution in [0.2, 0.25) is 0 Å². The number of rotatable bonds is 7. The number of nitrogens with one attached hydrogen (secondary N) is 1. The molecule has 156 valence electrons. The van der Waals surface area contributed by atoms with E-state index in [0.29, 0.717) is 18.8 Å². The van der Waals surface area contributed by atoms with Crippen molar-refractivity contribution in [3.8, 4) is 0 Å². The van der Waals surface area contributed by atoms with Crippen LogP contribution < -0.4 is 5.32 Å². The number of nitrogens with zero attached hydrogens (tertiary/aromatic N) is 3. The van der Waals surface area contributed by atoms with Crippen LogP contribution in [-0.4, -0.2) is 38.6 Å². The molecule has 1 fully saturated rings. The Balaban J connectivity index is 1.97. The minimum atomic E-state index is -0.554. The molecular formula is C21H26F2N4OS. The van der Waals surface area contributed by atoms with E-state index in [4.69, 9.17) is 0 Å². The molecule has 1 aromatic heterocycles. The Kier molecular flexibility index (Phi) is 7.18. The van der Waals surface area contributed by atoms with Crippen molar-refractivity contribution >= 4 is 18.5 Å². The molecule has 5 nitrogen and oxygen atoms in total. The van der Waals surface area contributed by atoms with Crippen molar-refractivity contribution in [2.24, 2.45) is 0 Å². The van der Waals surface area contributed by atoms with Gasteiger partial charge in [0.2, 0.25) is 5.91 Å². The lowest BCUT2D eigenvalue weighted by Crippen LogP contribution is -2.44. The van der Waals surface area contributed by atoms with Gasteiger partial charge >= 0.3 is 0 Å². The number of benzene rings is 1. The molecular weight excluding hydrogens is 394 g/mol. The Labute approximate surface area is 175 Å². The first kappa shape index (κ1) is 21.6. The topological polar surface area (TPSA) is 58.1 Å². The second-order valence-corrected chi connectivity index (χ2v) is 8.16. The minimum Gasteiger partial charge on any atom is -0.327 e. The minimum absolute atomic E-state index is 0.0704. The standard InChI is InChI=1S/C21H26F2N4OS/c1-3-4-14-9-25-21(26-10-14)20(19-8-17(29)11-24-19)27(13(2)28)12-15-7-16(22)5-6-18(15)23/h5-7,9-10,17,19-20,24,29H,3-4,8,11-12H2,1-2H3/t17-,19+,20?/m1/s1. The molecule has 2 heterocycles. The van der Waals surface area contributed by atoms with Crippen molar-refractivity contribution in [3.63, 3.8) is 0 Å². The first-order valence-corrected chi connectivity index (χ1v) is 10.3. The van der Waals surface area contributed by atoms with Crippen molar-refractivity contribution in [2.75, 3.05) is 6.54 Å². The van der Waals surface area contributed by atoms with Crippen molar-refractivity contribution < 1.29 is 13.6 Å². The van der Waals surface area contributed by atoms with Crippen LogP contribution in [0.4, 0.5) is 8.78 Å². The van der Waals surface area contributed by atoms with Gasteiger partial charge in [-0.15, -0.1) is 0 Å². The van der Waals surface area contributed by atoms with Gasteiger partial charge in [-0.3, -0.25) is 4.79 Å². The third-order valence-electron chi connectivity index (χ3n) is 5.14. The Hall–Kier alpha value is -2.06. The molecule has 1 saturated heterocycles. The molecule has 1 N–H and O–H groups in total. The van der Waals surface area contributed by atoms with Crippen LogP contribution >= 0.6 is 12.6 Å². The number of carbonyl (C=O) groups is 1. The molecule has 29 heavy (non-hydrogen) atoms. The van der Waals surface area contributed by atoms with Crippen molar-refractivity contribution in [2.45, 2.75) is 57.0 Å². The maximum absolute atomic E-state index is 14.3. The van der Waals surface area contributed by atoms with E-state index in [0.717, 1.165) is 36.6 Å². The van der Waals surface area contributed by atoms with E-state index in [1.807, 2.05) is 0 Å². The van der Waals surface area contributed by atoms with Gasteiger partial charge in [-0.25, -0.2) is 18.7 Å². The molecule has 1 aliphatic rings. The maximum atomic E-state index is 14.3. The number of aromatic nitrogens is 2. The summed E-state index contributed by atoms with van der Waals surface area (Å²) < 4.78 is 27.9. The molecule has 1 aliphatic heterocycles. The molecule has 1 aromatic carbocycles. The predicted molar refractivity (Wildman–Crippen MR) is 111 cm³/mol. The maximum Gasteiger partial charge on any atom is 0.220 e. The second-order valence-electron chi connectivity index (χ2n) is 7.43. The summed E-state index contributed by atoms with van der Waals surface area (Å²) in [5.74, 6) is -0.876. The number of halogens is 2. The van der Waals surface area contributed by atoms with Gasteiger partial charge in [-0.1, -0.05) is 13.3 Å². The van der Waals surface area contributed by atoms with E-state index in [-0.39, 0.29) is 29.3 Å².